The second kappa shape index (κ2) is 10.2. The van der Waals surface area contributed by atoms with Crippen LogP contribution in [-0.4, -0.2) is 31.1 Å². The number of nitrogens with one attached hydrogen (secondary N) is 1. The summed E-state index contributed by atoms with van der Waals surface area (Å²) in [5.41, 5.74) is 4.29. The maximum Gasteiger partial charge on any atom is 0.253 e. The highest BCUT2D eigenvalue weighted by Crippen LogP contribution is 2.28. The molecule has 0 heterocycles. The molecule has 2 aromatic rings. The Kier molecular flexibility index (Phi) is 8.00. The van der Waals surface area contributed by atoms with E-state index in [1.54, 1.807) is 26.4 Å². The largest absolute Gasteiger partial charge is 0.493 e. The maximum atomic E-state index is 12.4. The van der Waals surface area contributed by atoms with E-state index in [0.29, 0.717) is 22.9 Å². The van der Waals surface area contributed by atoms with E-state index >= 15 is 0 Å². The van der Waals surface area contributed by atoms with E-state index in [2.05, 4.69) is 10.5 Å². The molecule has 0 fully saturated rings. The molecule has 0 aliphatic carbocycles. The van der Waals surface area contributed by atoms with E-state index in [0.717, 1.165) is 16.2 Å². The molecule has 2 rings (SSSR count). The average Bonchev–Trinajstić information content (AvgIpc) is 2.69. The Morgan fingerprint density at radius 3 is 2.41 bits per heavy atom. The third-order valence-corrected chi connectivity index (χ3v) is 5.21. The van der Waals surface area contributed by atoms with E-state index in [1.807, 2.05) is 44.2 Å². The number of carbonyl (C=O) groups is 1. The molecule has 5 nitrogen and oxygen atoms in total. The van der Waals surface area contributed by atoms with Crippen LogP contribution in [-0.2, 0) is 4.79 Å². The molecule has 0 spiro atoms. The summed E-state index contributed by atoms with van der Waals surface area (Å²) in [7, 11) is 3.17. The van der Waals surface area contributed by atoms with Gasteiger partial charge >= 0.3 is 0 Å². The number of methoxy groups -OCH3 is 2. The standard InChI is InChI=1S/C20H23ClN2O3S/c1-5-17(14-6-11-18(25-3)19(12-14)26-4)22-23-20(24)13(2)27-16-9-7-15(21)8-10-16/h6-13H,5H2,1-4H3,(H,23,24)/b22-17-/t13-/m0/s1. The van der Waals surface area contributed by atoms with Gasteiger partial charge in [0.1, 0.15) is 0 Å². The highest BCUT2D eigenvalue weighted by atomic mass is 35.5. The van der Waals surface area contributed by atoms with E-state index in [4.69, 9.17) is 21.1 Å². The normalized spacial score (nSPS) is 12.4. The van der Waals surface area contributed by atoms with Gasteiger partial charge in [-0.05, 0) is 55.8 Å². The van der Waals surface area contributed by atoms with E-state index in [9.17, 15) is 4.79 Å². The fraction of sp³-hybridized carbons (Fsp3) is 0.300. The smallest absolute Gasteiger partial charge is 0.253 e. The van der Waals surface area contributed by atoms with Gasteiger partial charge in [0, 0.05) is 15.5 Å². The number of nitrogens with zero attached hydrogens (tertiary/aromatic N) is 1. The van der Waals surface area contributed by atoms with Crippen LogP contribution in [0, 0.1) is 0 Å². The van der Waals surface area contributed by atoms with Crippen molar-refractivity contribution < 1.29 is 14.3 Å². The van der Waals surface area contributed by atoms with E-state index in [1.165, 1.54) is 11.8 Å². The number of halogens is 1. The minimum absolute atomic E-state index is 0.165. The molecule has 1 N–H and O–H groups in total. The van der Waals surface area contributed by atoms with Gasteiger partial charge in [-0.1, -0.05) is 18.5 Å². The van der Waals surface area contributed by atoms with Crippen molar-refractivity contribution in [2.45, 2.75) is 30.4 Å². The molecule has 27 heavy (non-hydrogen) atoms. The van der Waals surface area contributed by atoms with E-state index < -0.39 is 0 Å². The van der Waals surface area contributed by atoms with Gasteiger partial charge in [-0.15, -0.1) is 11.8 Å². The van der Waals surface area contributed by atoms with Gasteiger partial charge in [0.2, 0.25) is 0 Å². The molecule has 0 bridgehead atoms. The number of amides is 1. The van der Waals surface area contributed by atoms with Crippen LogP contribution in [0.2, 0.25) is 5.02 Å². The van der Waals surface area contributed by atoms with Crippen LogP contribution < -0.4 is 14.9 Å². The number of hydrogen-bond acceptors (Lipinski definition) is 5. The Hall–Kier alpha value is -2.18. The zero-order chi connectivity index (χ0) is 19.8. The first-order valence-electron chi connectivity index (χ1n) is 8.49. The summed E-state index contributed by atoms with van der Waals surface area (Å²) in [5, 5.41) is 4.68. The predicted octanol–water partition coefficient (Wildman–Crippen LogP) is 4.77. The Morgan fingerprint density at radius 1 is 1.15 bits per heavy atom. The van der Waals surface area contributed by atoms with Gasteiger partial charge in [0.05, 0.1) is 25.2 Å². The van der Waals surface area contributed by atoms with Crippen molar-refractivity contribution in [2.75, 3.05) is 14.2 Å². The van der Waals surface area contributed by atoms with Gasteiger partial charge in [0.25, 0.3) is 5.91 Å². The van der Waals surface area contributed by atoms with Crippen LogP contribution in [0.3, 0.4) is 0 Å². The van der Waals surface area contributed by atoms with Gasteiger partial charge in [0.15, 0.2) is 11.5 Å². The zero-order valence-electron chi connectivity index (χ0n) is 15.8. The first-order chi connectivity index (χ1) is 13.0. The van der Waals surface area contributed by atoms with Gasteiger partial charge in [-0.25, -0.2) is 5.43 Å². The lowest BCUT2D eigenvalue weighted by atomic mass is 10.1. The molecule has 0 saturated carbocycles. The fourth-order valence-electron chi connectivity index (χ4n) is 2.35. The van der Waals surface area contributed by atoms with Crippen molar-refractivity contribution >= 4 is 35.0 Å². The van der Waals surface area contributed by atoms with Gasteiger partial charge < -0.3 is 9.47 Å². The topological polar surface area (TPSA) is 59.9 Å². The molecule has 0 unspecified atom stereocenters. The van der Waals surface area contributed by atoms with Crippen LogP contribution in [0.5, 0.6) is 11.5 Å². The summed E-state index contributed by atoms with van der Waals surface area (Å²) >= 11 is 7.34. The molecule has 144 valence electrons. The monoisotopic (exact) mass is 406 g/mol. The minimum Gasteiger partial charge on any atom is -0.493 e. The third-order valence-electron chi connectivity index (χ3n) is 3.85. The average molecular weight is 407 g/mol. The molecule has 1 amide bonds. The highest BCUT2D eigenvalue weighted by molar-refractivity contribution is 8.00. The summed E-state index contributed by atoms with van der Waals surface area (Å²) in [4.78, 5) is 13.4. The molecule has 0 radical (unpaired) electrons. The zero-order valence-corrected chi connectivity index (χ0v) is 17.4. The lowest BCUT2D eigenvalue weighted by Crippen LogP contribution is -2.28. The molecule has 2 aromatic carbocycles. The predicted molar refractivity (Wildman–Crippen MR) is 111 cm³/mol. The van der Waals surface area contributed by atoms with Crippen molar-refractivity contribution in [3.63, 3.8) is 0 Å². The lowest BCUT2D eigenvalue weighted by Gasteiger charge is -2.12. The van der Waals surface area contributed by atoms with Crippen molar-refractivity contribution in [1.82, 2.24) is 5.43 Å². The van der Waals surface area contributed by atoms with Crippen LogP contribution >= 0.6 is 23.4 Å². The number of benzene rings is 2. The van der Waals surface area contributed by atoms with Crippen LogP contribution in [0.4, 0.5) is 0 Å². The SMILES string of the molecule is CC/C(=N/NC(=O)[C@H](C)Sc1ccc(Cl)cc1)c1ccc(OC)c(OC)c1. The molecule has 0 saturated heterocycles. The summed E-state index contributed by atoms with van der Waals surface area (Å²) in [6.45, 7) is 3.82. The Morgan fingerprint density at radius 2 is 1.81 bits per heavy atom. The first kappa shape index (κ1) is 21.1. The quantitative estimate of drug-likeness (QED) is 0.389. The molecule has 7 heteroatoms. The Labute approximate surface area is 169 Å². The van der Waals surface area contributed by atoms with Gasteiger partial charge in [-0.2, -0.15) is 5.10 Å². The van der Waals surface area contributed by atoms with Crippen molar-refractivity contribution in [1.29, 1.82) is 0 Å². The van der Waals surface area contributed by atoms with Gasteiger partial charge in [-0.3, -0.25) is 4.79 Å². The number of thioether (sulfide) groups is 1. The van der Waals surface area contributed by atoms with Crippen LogP contribution in [0.1, 0.15) is 25.8 Å². The molecule has 1 atom stereocenters. The molecular weight excluding hydrogens is 384 g/mol. The molecule has 0 aliphatic heterocycles. The number of ether oxygens (including phenoxy) is 2. The number of hydrazone groups is 1. The second-order valence-corrected chi connectivity index (χ2v) is 7.52. The maximum absolute atomic E-state index is 12.4. The number of carbonyl (C=O) groups excluding carboxylic acids is 1. The van der Waals surface area contributed by atoms with E-state index in [-0.39, 0.29) is 11.2 Å². The summed E-state index contributed by atoms with van der Waals surface area (Å²) < 4.78 is 10.6. The van der Waals surface area contributed by atoms with Crippen molar-refractivity contribution in [3.8, 4) is 11.5 Å². The summed E-state index contributed by atoms with van der Waals surface area (Å²) in [6.07, 6.45) is 0.661. The Balaban J connectivity index is 2.07. The molecule has 0 aromatic heterocycles. The minimum atomic E-state index is -0.293. The number of hydrogen-bond donors (Lipinski definition) is 1. The Bertz CT molecular complexity index is 809. The van der Waals surface area contributed by atoms with Crippen LogP contribution in [0.25, 0.3) is 0 Å². The lowest BCUT2D eigenvalue weighted by molar-refractivity contribution is -0.120. The number of rotatable bonds is 8. The highest BCUT2D eigenvalue weighted by Gasteiger charge is 2.15. The van der Waals surface area contributed by atoms with Crippen molar-refractivity contribution in [3.05, 3.63) is 53.1 Å². The molecule has 0 aliphatic rings. The van der Waals surface area contributed by atoms with Crippen molar-refractivity contribution in [2.24, 2.45) is 5.10 Å². The van der Waals surface area contributed by atoms with Crippen LogP contribution in [0.15, 0.2) is 52.5 Å². The second-order valence-electron chi connectivity index (χ2n) is 5.67. The fourth-order valence-corrected chi connectivity index (χ4v) is 3.33. The molecular formula is C20H23ClN2O3S. The summed E-state index contributed by atoms with van der Waals surface area (Å²) in [6, 6.07) is 12.9. The summed E-state index contributed by atoms with van der Waals surface area (Å²) in [5.74, 6) is 1.10. The first-order valence-corrected chi connectivity index (χ1v) is 9.75. The third kappa shape index (κ3) is 5.91.